The summed E-state index contributed by atoms with van der Waals surface area (Å²) in [6.07, 6.45) is 2.73. The fourth-order valence-corrected chi connectivity index (χ4v) is 1.79. The third-order valence-electron chi connectivity index (χ3n) is 2.76. The van der Waals surface area contributed by atoms with E-state index in [0.29, 0.717) is 0 Å². The molecule has 100 valence electrons. The number of hydrogen-bond acceptors (Lipinski definition) is 2. The number of alkyl halides is 3. The Morgan fingerprint density at radius 1 is 1.24 bits per heavy atom. The summed E-state index contributed by atoms with van der Waals surface area (Å²) in [6, 6.07) is 2.24. The number of hydrogen-bond donors (Lipinski definition) is 1. The zero-order chi connectivity index (χ0) is 13.1. The Morgan fingerprint density at radius 3 is 2.18 bits per heavy atom. The molecule has 1 rings (SSSR count). The van der Waals surface area contributed by atoms with Crippen LogP contribution in [0.15, 0.2) is 0 Å². The summed E-state index contributed by atoms with van der Waals surface area (Å²) in [7, 11) is 1.49. The Balaban J connectivity index is 0.000000304. The molecular weight excluding hydrogens is 229 g/mol. The molecule has 1 aliphatic rings. The molecule has 1 fully saturated rings. The molecule has 0 bridgehead atoms. The summed E-state index contributed by atoms with van der Waals surface area (Å²) < 4.78 is 33.6. The lowest BCUT2D eigenvalue weighted by Gasteiger charge is -2.17. The van der Waals surface area contributed by atoms with Gasteiger partial charge in [-0.1, -0.05) is 19.3 Å². The predicted octanol–water partition coefficient (Wildman–Crippen LogP) is 3.64. The van der Waals surface area contributed by atoms with Gasteiger partial charge in [-0.15, -0.1) is 0 Å². The van der Waals surface area contributed by atoms with Gasteiger partial charge in [-0.05, 0) is 25.8 Å². The lowest BCUT2D eigenvalue weighted by Crippen LogP contribution is -2.17. The van der Waals surface area contributed by atoms with Crippen LogP contribution in [0.25, 0.3) is 0 Å². The highest BCUT2D eigenvalue weighted by atomic mass is 19.4. The van der Waals surface area contributed by atoms with Gasteiger partial charge in [0, 0.05) is 13.0 Å². The molecule has 0 amide bonds. The molecule has 2 nitrogen and oxygen atoms in total. The second kappa shape index (κ2) is 9.29. The standard InChI is InChI=1S/C8H13N.C4H8F3N/c9-7-6-8-4-2-1-3-5-8;1-8-3-2-4(5,6)7/h8H,1-6H2;8H,2-3H2,1H3. The van der Waals surface area contributed by atoms with Crippen LogP contribution in [0.5, 0.6) is 0 Å². The van der Waals surface area contributed by atoms with E-state index in [0.717, 1.165) is 12.3 Å². The van der Waals surface area contributed by atoms with Crippen molar-refractivity contribution in [3.05, 3.63) is 0 Å². The fraction of sp³-hybridized carbons (Fsp3) is 0.917. The van der Waals surface area contributed by atoms with Gasteiger partial charge in [-0.3, -0.25) is 0 Å². The number of nitrogens with zero attached hydrogens (tertiary/aromatic N) is 1. The van der Waals surface area contributed by atoms with Crippen LogP contribution in [0.2, 0.25) is 0 Å². The first-order valence-electron chi connectivity index (χ1n) is 6.08. The van der Waals surface area contributed by atoms with Gasteiger partial charge in [0.05, 0.1) is 12.5 Å². The van der Waals surface area contributed by atoms with Crippen molar-refractivity contribution in [2.45, 2.75) is 51.1 Å². The van der Waals surface area contributed by atoms with Crippen LogP contribution < -0.4 is 5.32 Å². The Kier molecular flexibility index (Phi) is 8.87. The highest BCUT2D eigenvalue weighted by Gasteiger charge is 2.25. The van der Waals surface area contributed by atoms with Gasteiger partial charge in [0.25, 0.3) is 0 Å². The third kappa shape index (κ3) is 11.5. The minimum Gasteiger partial charge on any atom is -0.319 e. The maximum atomic E-state index is 11.2. The molecule has 0 saturated heterocycles. The van der Waals surface area contributed by atoms with Crippen molar-refractivity contribution < 1.29 is 13.2 Å². The van der Waals surface area contributed by atoms with Crippen LogP contribution >= 0.6 is 0 Å². The molecule has 0 radical (unpaired) electrons. The minimum atomic E-state index is -4.01. The first-order valence-corrected chi connectivity index (χ1v) is 6.08. The Morgan fingerprint density at radius 2 is 1.82 bits per heavy atom. The molecule has 1 saturated carbocycles. The van der Waals surface area contributed by atoms with E-state index in [2.05, 4.69) is 11.4 Å². The van der Waals surface area contributed by atoms with Crippen LogP contribution in [0.4, 0.5) is 13.2 Å². The van der Waals surface area contributed by atoms with E-state index in [4.69, 9.17) is 5.26 Å². The number of nitriles is 1. The van der Waals surface area contributed by atoms with Crippen molar-refractivity contribution in [3.63, 3.8) is 0 Å². The topological polar surface area (TPSA) is 35.8 Å². The molecule has 0 aromatic heterocycles. The maximum absolute atomic E-state index is 11.2. The van der Waals surface area contributed by atoms with Crippen LogP contribution in [0.1, 0.15) is 44.9 Å². The summed E-state index contributed by atoms with van der Waals surface area (Å²) in [6.45, 7) is 0.00347. The molecule has 1 aliphatic carbocycles. The molecule has 0 heterocycles. The highest BCUT2D eigenvalue weighted by Crippen LogP contribution is 2.25. The molecule has 17 heavy (non-hydrogen) atoms. The monoisotopic (exact) mass is 250 g/mol. The first-order chi connectivity index (χ1) is 7.99. The van der Waals surface area contributed by atoms with Crippen molar-refractivity contribution in [1.29, 1.82) is 5.26 Å². The summed E-state index contributed by atoms with van der Waals surface area (Å²) >= 11 is 0. The van der Waals surface area contributed by atoms with Crippen LogP contribution in [0, 0.1) is 17.2 Å². The quantitative estimate of drug-likeness (QED) is 0.830. The zero-order valence-electron chi connectivity index (χ0n) is 10.3. The highest BCUT2D eigenvalue weighted by molar-refractivity contribution is 4.77. The lowest BCUT2D eigenvalue weighted by atomic mass is 9.87. The molecular formula is C12H21F3N2. The Hall–Kier alpha value is -0.760. The second-order valence-corrected chi connectivity index (χ2v) is 4.34. The van der Waals surface area contributed by atoms with E-state index in [9.17, 15) is 13.2 Å². The van der Waals surface area contributed by atoms with E-state index in [1.807, 2.05) is 0 Å². The third-order valence-corrected chi connectivity index (χ3v) is 2.76. The Bertz CT molecular complexity index is 215. The zero-order valence-corrected chi connectivity index (χ0v) is 10.3. The smallest absolute Gasteiger partial charge is 0.319 e. The van der Waals surface area contributed by atoms with Crippen LogP contribution in [-0.2, 0) is 0 Å². The number of halogens is 3. The van der Waals surface area contributed by atoms with E-state index < -0.39 is 12.6 Å². The van der Waals surface area contributed by atoms with Gasteiger partial charge in [0.1, 0.15) is 0 Å². The maximum Gasteiger partial charge on any atom is 0.390 e. The molecule has 0 unspecified atom stereocenters. The van der Waals surface area contributed by atoms with Gasteiger partial charge in [0.2, 0.25) is 0 Å². The average molecular weight is 250 g/mol. The molecule has 5 heteroatoms. The van der Waals surface area contributed by atoms with Gasteiger partial charge in [-0.2, -0.15) is 18.4 Å². The Labute approximate surface area is 101 Å². The number of rotatable bonds is 3. The molecule has 0 aromatic rings. The van der Waals surface area contributed by atoms with E-state index in [1.165, 1.54) is 39.2 Å². The molecule has 0 aliphatic heterocycles. The van der Waals surface area contributed by atoms with E-state index in [1.54, 1.807) is 0 Å². The summed E-state index contributed by atoms with van der Waals surface area (Å²) in [5, 5.41) is 10.8. The van der Waals surface area contributed by atoms with Crippen molar-refractivity contribution in [1.82, 2.24) is 5.32 Å². The predicted molar refractivity (Wildman–Crippen MR) is 61.4 cm³/mol. The molecule has 0 atom stereocenters. The van der Waals surface area contributed by atoms with Crippen molar-refractivity contribution in [2.75, 3.05) is 13.6 Å². The summed E-state index contributed by atoms with van der Waals surface area (Å²) in [5.74, 6) is 0.740. The van der Waals surface area contributed by atoms with Crippen molar-refractivity contribution in [3.8, 4) is 6.07 Å². The van der Waals surface area contributed by atoms with E-state index >= 15 is 0 Å². The first kappa shape index (κ1) is 16.2. The fourth-order valence-electron chi connectivity index (χ4n) is 1.79. The average Bonchev–Trinajstić information content (AvgIpc) is 2.28. The SMILES string of the molecule is CNCCC(F)(F)F.N#CCC1CCCCC1. The largest absolute Gasteiger partial charge is 0.390 e. The van der Waals surface area contributed by atoms with Crippen molar-refractivity contribution >= 4 is 0 Å². The normalized spacial score (nSPS) is 16.9. The minimum absolute atomic E-state index is 0.00347. The van der Waals surface area contributed by atoms with Crippen molar-refractivity contribution in [2.24, 2.45) is 5.92 Å². The van der Waals surface area contributed by atoms with Gasteiger partial charge < -0.3 is 5.32 Å². The van der Waals surface area contributed by atoms with Crippen LogP contribution in [-0.4, -0.2) is 19.8 Å². The van der Waals surface area contributed by atoms with E-state index in [-0.39, 0.29) is 6.54 Å². The van der Waals surface area contributed by atoms with Gasteiger partial charge in [0.15, 0.2) is 0 Å². The van der Waals surface area contributed by atoms with Gasteiger partial charge >= 0.3 is 6.18 Å². The van der Waals surface area contributed by atoms with Gasteiger partial charge in [-0.25, -0.2) is 0 Å². The number of nitrogens with one attached hydrogen (secondary N) is 1. The summed E-state index contributed by atoms with van der Waals surface area (Å²) in [5.41, 5.74) is 0. The summed E-state index contributed by atoms with van der Waals surface area (Å²) in [4.78, 5) is 0. The lowest BCUT2D eigenvalue weighted by molar-refractivity contribution is -0.133. The molecule has 0 spiro atoms. The second-order valence-electron chi connectivity index (χ2n) is 4.34. The van der Waals surface area contributed by atoms with Crippen LogP contribution in [0.3, 0.4) is 0 Å². The molecule has 1 N–H and O–H groups in total. The molecule has 0 aromatic carbocycles.